The molecule has 3 heteroatoms. The largest absolute Gasteiger partial charge is 0.369 e. The summed E-state index contributed by atoms with van der Waals surface area (Å²) in [7, 11) is 0. The lowest BCUT2D eigenvalue weighted by molar-refractivity contribution is 0.626. The fourth-order valence-corrected chi connectivity index (χ4v) is 3.24. The number of hydrogen-bond acceptors (Lipinski definition) is 3. The number of aromatic nitrogens is 1. The molecule has 2 heterocycles. The lowest BCUT2D eigenvalue weighted by atomic mass is 9.97. The van der Waals surface area contributed by atoms with Gasteiger partial charge in [0.15, 0.2) is 0 Å². The molecule has 1 aromatic heterocycles. The van der Waals surface area contributed by atoms with Crippen molar-refractivity contribution in [2.24, 2.45) is 0 Å². The molecule has 1 aromatic carbocycles. The number of benzene rings is 1. The Morgan fingerprint density at radius 3 is 2.94 bits per heavy atom. The number of nitrogens with zero attached hydrogens (tertiary/aromatic N) is 2. The molecule has 2 nitrogen and oxygen atoms in total. The Labute approximate surface area is 112 Å². The van der Waals surface area contributed by atoms with E-state index in [-0.39, 0.29) is 0 Å². The average Bonchev–Trinajstić information content (AvgIpc) is 2.91. The van der Waals surface area contributed by atoms with E-state index in [4.69, 9.17) is 0 Å². The average molecular weight is 258 g/mol. The van der Waals surface area contributed by atoms with Gasteiger partial charge in [-0.2, -0.15) is 0 Å². The van der Waals surface area contributed by atoms with Gasteiger partial charge < -0.3 is 4.90 Å². The van der Waals surface area contributed by atoms with Gasteiger partial charge in [0.25, 0.3) is 0 Å². The van der Waals surface area contributed by atoms with Crippen molar-refractivity contribution in [3.05, 3.63) is 34.7 Å². The second-order valence-electron chi connectivity index (χ2n) is 5.11. The molecular formula is C15H18N2S. The van der Waals surface area contributed by atoms with Gasteiger partial charge in [0.05, 0.1) is 11.2 Å². The van der Waals surface area contributed by atoms with Crippen LogP contribution in [0.2, 0.25) is 0 Å². The smallest absolute Gasteiger partial charge is 0.0811 e. The Morgan fingerprint density at radius 1 is 1.33 bits per heavy atom. The minimum absolute atomic E-state index is 0.578. The Hall–Kier alpha value is -1.35. The molecule has 0 saturated heterocycles. The van der Waals surface area contributed by atoms with Crippen LogP contribution in [0.5, 0.6) is 0 Å². The van der Waals surface area contributed by atoms with Crippen LogP contribution in [0.4, 0.5) is 5.69 Å². The molecule has 0 unspecified atom stereocenters. The minimum Gasteiger partial charge on any atom is -0.369 e. The van der Waals surface area contributed by atoms with E-state index < -0.39 is 0 Å². The first-order valence-electron chi connectivity index (χ1n) is 6.54. The first-order valence-corrected chi connectivity index (χ1v) is 7.48. The third kappa shape index (κ3) is 2.03. The van der Waals surface area contributed by atoms with Crippen LogP contribution < -0.4 is 4.90 Å². The van der Waals surface area contributed by atoms with E-state index in [1.54, 1.807) is 11.3 Å². The molecular weight excluding hydrogens is 240 g/mol. The van der Waals surface area contributed by atoms with Crippen LogP contribution >= 0.6 is 11.3 Å². The van der Waals surface area contributed by atoms with Gasteiger partial charge in [-0.05, 0) is 44.4 Å². The van der Waals surface area contributed by atoms with E-state index in [1.165, 1.54) is 36.2 Å². The van der Waals surface area contributed by atoms with Crippen LogP contribution in [0.3, 0.4) is 0 Å². The Morgan fingerprint density at radius 2 is 2.22 bits per heavy atom. The highest BCUT2D eigenvalue weighted by Crippen LogP contribution is 2.32. The van der Waals surface area contributed by atoms with Crippen LogP contribution in [0.1, 0.15) is 25.8 Å². The second kappa shape index (κ2) is 4.73. The van der Waals surface area contributed by atoms with E-state index in [0.717, 1.165) is 5.69 Å². The van der Waals surface area contributed by atoms with Gasteiger partial charge in [0.2, 0.25) is 0 Å². The summed E-state index contributed by atoms with van der Waals surface area (Å²) in [4.78, 5) is 6.90. The highest BCUT2D eigenvalue weighted by molar-refractivity contribution is 7.07. The van der Waals surface area contributed by atoms with Gasteiger partial charge in [-0.1, -0.05) is 6.07 Å². The van der Waals surface area contributed by atoms with Gasteiger partial charge in [0.1, 0.15) is 0 Å². The SMILES string of the molecule is CC(C)N1CCCc2cc(-c3cscn3)ccc21. The van der Waals surface area contributed by atoms with E-state index in [1.807, 2.05) is 5.51 Å². The molecule has 0 N–H and O–H groups in total. The lowest BCUT2D eigenvalue weighted by Gasteiger charge is -2.34. The van der Waals surface area contributed by atoms with Gasteiger partial charge in [0, 0.05) is 29.2 Å². The quantitative estimate of drug-likeness (QED) is 0.810. The Balaban J connectivity index is 2.01. The molecule has 0 atom stereocenters. The molecule has 3 rings (SSSR count). The molecule has 0 radical (unpaired) electrons. The van der Waals surface area contributed by atoms with Crippen LogP contribution in [0.15, 0.2) is 29.1 Å². The Bertz CT molecular complexity index is 531. The second-order valence-corrected chi connectivity index (χ2v) is 5.83. The van der Waals surface area contributed by atoms with Crippen molar-refractivity contribution in [1.82, 2.24) is 4.98 Å². The fraction of sp³-hybridized carbons (Fsp3) is 0.400. The third-order valence-electron chi connectivity index (χ3n) is 3.59. The first-order chi connectivity index (χ1) is 8.75. The van der Waals surface area contributed by atoms with Crippen molar-refractivity contribution < 1.29 is 0 Å². The summed E-state index contributed by atoms with van der Waals surface area (Å²) in [5.41, 5.74) is 7.13. The number of thiazole rings is 1. The van der Waals surface area contributed by atoms with Crippen LogP contribution in [-0.4, -0.2) is 17.6 Å². The normalized spacial score (nSPS) is 14.9. The maximum atomic E-state index is 4.39. The van der Waals surface area contributed by atoms with Crippen LogP contribution in [0.25, 0.3) is 11.3 Å². The molecule has 0 fully saturated rings. The maximum absolute atomic E-state index is 4.39. The van der Waals surface area contributed by atoms with E-state index >= 15 is 0 Å². The minimum atomic E-state index is 0.578. The van der Waals surface area contributed by atoms with Crippen molar-refractivity contribution in [1.29, 1.82) is 0 Å². The molecule has 0 spiro atoms. The fourth-order valence-electron chi connectivity index (χ4n) is 2.68. The van der Waals surface area contributed by atoms with Crippen molar-refractivity contribution in [2.75, 3.05) is 11.4 Å². The zero-order valence-corrected chi connectivity index (χ0v) is 11.7. The van der Waals surface area contributed by atoms with Crippen LogP contribution in [0, 0.1) is 0 Å². The number of anilines is 1. The molecule has 0 bridgehead atoms. The molecule has 94 valence electrons. The van der Waals surface area contributed by atoms with Crippen molar-refractivity contribution in [2.45, 2.75) is 32.7 Å². The predicted octanol–water partition coefficient (Wildman–Crippen LogP) is 3.97. The standard InChI is InChI=1S/C15H18N2S/c1-11(2)17-7-3-4-13-8-12(5-6-15(13)17)14-9-18-10-16-14/h5-6,8-11H,3-4,7H2,1-2H3. The summed E-state index contributed by atoms with van der Waals surface area (Å²) in [6.07, 6.45) is 2.45. The third-order valence-corrected chi connectivity index (χ3v) is 4.17. The molecule has 0 aliphatic carbocycles. The zero-order chi connectivity index (χ0) is 12.5. The summed E-state index contributed by atoms with van der Waals surface area (Å²) in [5.74, 6) is 0. The Kier molecular flexibility index (Phi) is 3.08. The van der Waals surface area contributed by atoms with E-state index in [9.17, 15) is 0 Å². The summed E-state index contributed by atoms with van der Waals surface area (Å²) < 4.78 is 0. The predicted molar refractivity (Wildman–Crippen MR) is 78.4 cm³/mol. The molecule has 1 aliphatic heterocycles. The monoisotopic (exact) mass is 258 g/mol. The number of fused-ring (bicyclic) bond motifs is 1. The summed E-state index contributed by atoms with van der Waals surface area (Å²) >= 11 is 1.66. The maximum Gasteiger partial charge on any atom is 0.0811 e. The number of hydrogen-bond donors (Lipinski definition) is 0. The molecule has 0 saturated carbocycles. The van der Waals surface area contributed by atoms with Crippen molar-refractivity contribution >= 4 is 17.0 Å². The van der Waals surface area contributed by atoms with Gasteiger partial charge in [-0.25, -0.2) is 4.98 Å². The van der Waals surface area contributed by atoms with Gasteiger partial charge in [-0.3, -0.25) is 0 Å². The van der Waals surface area contributed by atoms with Crippen molar-refractivity contribution in [3.8, 4) is 11.3 Å². The molecule has 1 aliphatic rings. The highest BCUT2D eigenvalue weighted by Gasteiger charge is 2.19. The molecule has 0 amide bonds. The first kappa shape index (κ1) is 11.7. The highest BCUT2D eigenvalue weighted by atomic mass is 32.1. The van der Waals surface area contributed by atoms with E-state index in [2.05, 4.69) is 47.3 Å². The molecule has 18 heavy (non-hydrogen) atoms. The topological polar surface area (TPSA) is 16.1 Å². The van der Waals surface area contributed by atoms with Gasteiger partial charge in [-0.15, -0.1) is 11.3 Å². The summed E-state index contributed by atoms with van der Waals surface area (Å²) in [6, 6.07) is 7.37. The number of rotatable bonds is 2. The van der Waals surface area contributed by atoms with Crippen LogP contribution in [-0.2, 0) is 6.42 Å². The number of aryl methyl sites for hydroxylation is 1. The summed E-state index contributed by atoms with van der Waals surface area (Å²) in [5, 5.41) is 2.12. The van der Waals surface area contributed by atoms with E-state index in [0.29, 0.717) is 6.04 Å². The lowest BCUT2D eigenvalue weighted by Crippen LogP contribution is -2.35. The van der Waals surface area contributed by atoms with Gasteiger partial charge >= 0.3 is 0 Å². The zero-order valence-electron chi connectivity index (χ0n) is 10.9. The van der Waals surface area contributed by atoms with Crippen molar-refractivity contribution in [3.63, 3.8) is 0 Å². The summed E-state index contributed by atoms with van der Waals surface area (Å²) in [6.45, 7) is 5.72. The molecule has 2 aromatic rings.